The van der Waals surface area contributed by atoms with E-state index in [1.807, 2.05) is 0 Å². The highest BCUT2D eigenvalue weighted by atomic mass is 79.9. The molecule has 0 saturated heterocycles. The second-order valence-electron chi connectivity index (χ2n) is 8.53. The van der Waals surface area contributed by atoms with Gasteiger partial charge in [0.05, 0.1) is 38.3 Å². The number of para-hydroxylation sites is 1. The maximum atomic E-state index is 13.4. The molecule has 4 aromatic rings. The number of hydrogen-bond donors (Lipinski definition) is 0. The van der Waals surface area contributed by atoms with Crippen molar-refractivity contribution in [2.24, 2.45) is 5.10 Å². The van der Waals surface area contributed by atoms with Crippen molar-refractivity contribution in [1.29, 1.82) is 0 Å². The molecule has 0 atom stereocenters. The molecule has 0 aliphatic heterocycles. The van der Waals surface area contributed by atoms with Gasteiger partial charge in [0.1, 0.15) is 0 Å². The van der Waals surface area contributed by atoms with E-state index in [4.69, 9.17) is 21.1 Å². The molecule has 0 radical (unpaired) electrons. The molecular weight excluding hydrogens is 603 g/mol. The molecule has 4 rings (SSSR count). The summed E-state index contributed by atoms with van der Waals surface area (Å²) in [6, 6.07) is 14.0. The topological polar surface area (TPSA) is 82.8 Å². The van der Waals surface area contributed by atoms with Crippen molar-refractivity contribution < 1.29 is 27.4 Å². The highest BCUT2D eigenvalue weighted by molar-refractivity contribution is 9.10. The summed E-state index contributed by atoms with van der Waals surface area (Å²) in [5.41, 5.74) is -0.663. The summed E-state index contributed by atoms with van der Waals surface area (Å²) in [5.74, 6) is -0.442. The maximum absolute atomic E-state index is 13.4. The fourth-order valence-electron chi connectivity index (χ4n) is 3.60. The van der Waals surface area contributed by atoms with Crippen LogP contribution in [0.15, 0.2) is 75.0 Å². The zero-order valence-corrected chi connectivity index (χ0v) is 22.8. The Bertz CT molecular complexity index is 1610. The third kappa shape index (κ3) is 6.66. The number of esters is 1. The van der Waals surface area contributed by atoms with Crippen molar-refractivity contribution in [3.8, 4) is 17.1 Å². The van der Waals surface area contributed by atoms with Gasteiger partial charge < -0.3 is 9.47 Å². The standard InChI is InChI=1S/C27H20BrClF3N3O4/c1-15(2)39-23(36)14-38-24-20(28)10-16(11-21(24)29)13-33-35-25(17-6-5-7-18(12-17)27(30,31)32)34-22-9-4-3-8-19(22)26(35)37/h3-13,15H,14H2,1-2H3. The first-order valence-corrected chi connectivity index (χ1v) is 12.7. The lowest BCUT2D eigenvalue weighted by molar-refractivity contribution is -0.149. The van der Waals surface area contributed by atoms with E-state index in [-0.39, 0.29) is 40.3 Å². The van der Waals surface area contributed by atoms with Gasteiger partial charge in [-0.25, -0.2) is 9.78 Å². The number of aromatic nitrogens is 2. The van der Waals surface area contributed by atoms with Crippen LogP contribution in [0.2, 0.25) is 5.02 Å². The van der Waals surface area contributed by atoms with Crippen LogP contribution >= 0.6 is 27.5 Å². The number of rotatable bonds is 7. The van der Waals surface area contributed by atoms with Crippen LogP contribution in [0.3, 0.4) is 0 Å². The van der Waals surface area contributed by atoms with Crippen LogP contribution in [0, 0.1) is 0 Å². The van der Waals surface area contributed by atoms with Crippen molar-refractivity contribution in [3.63, 3.8) is 0 Å². The number of nitrogens with zero attached hydrogens (tertiary/aromatic N) is 3. The molecular formula is C27H20BrClF3N3O4. The molecule has 1 heterocycles. The number of carbonyl (C=O) groups excluding carboxylic acids is 1. The molecule has 12 heteroatoms. The Labute approximate surface area is 234 Å². The number of alkyl halides is 3. The maximum Gasteiger partial charge on any atom is 0.416 e. The minimum atomic E-state index is -4.58. The number of hydrogen-bond acceptors (Lipinski definition) is 6. The minimum Gasteiger partial charge on any atom is -0.479 e. The smallest absolute Gasteiger partial charge is 0.416 e. The van der Waals surface area contributed by atoms with E-state index in [0.29, 0.717) is 15.6 Å². The minimum absolute atomic E-state index is 0.0565. The van der Waals surface area contributed by atoms with E-state index in [2.05, 4.69) is 26.0 Å². The fourth-order valence-corrected chi connectivity index (χ4v) is 4.59. The molecule has 1 aromatic heterocycles. The zero-order chi connectivity index (χ0) is 28.3. The van der Waals surface area contributed by atoms with Crippen molar-refractivity contribution in [2.45, 2.75) is 26.1 Å². The summed E-state index contributed by atoms with van der Waals surface area (Å²) in [6.07, 6.45) is -3.57. The molecule has 0 saturated carbocycles. The molecule has 3 aromatic carbocycles. The Kier molecular flexibility index (Phi) is 8.41. The number of fused-ring (bicyclic) bond motifs is 1. The van der Waals surface area contributed by atoms with Gasteiger partial charge in [-0.1, -0.05) is 35.9 Å². The van der Waals surface area contributed by atoms with Gasteiger partial charge in [0.25, 0.3) is 5.56 Å². The summed E-state index contributed by atoms with van der Waals surface area (Å²) in [5, 5.41) is 4.64. The monoisotopic (exact) mass is 621 g/mol. The van der Waals surface area contributed by atoms with Crippen LogP contribution in [0.1, 0.15) is 25.0 Å². The van der Waals surface area contributed by atoms with Crippen molar-refractivity contribution in [3.05, 3.63) is 91.6 Å². The molecule has 0 aliphatic carbocycles. The Hall–Kier alpha value is -3.70. The third-order valence-electron chi connectivity index (χ3n) is 5.25. The number of carbonyl (C=O) groups is 1. The highest BCUT2D eigenvalue weighted by Crippen LogP contribution is 2.35. The Morgan fingerprint density at radius 3 is 2.59 bits per heavy atom. The molecule has 0 unspecified atom stereocenters. The molecule has 0 bridgehead atoms. The van der Waals surface area contributed by atoms with E-state index >= 15 is 0 Å². The average Bonchev–Trinajstić information content (AvgIpc) is 2.86. The summed E-state index contributed by atoms with van der Waals surface area (Å²) >= 11 is 9.69. The lowest BCUT2D eigenvalue weighted by Gasteiger charge is -2.13. The molecule has 0 N–H and O–H groups in total. The second-order valence-corrected chi connectivity index (χ2v) is 9.80. The van der Waals surface area contributed by atoms with E-state index in [1.54, 1.807) is 44.2 Å². The SMILES string of the molecule is CC(C)OC(=O)COc1c(Cl)cc(C=Nn2c(-c3cccc(C(F)(F)F)c3)nc3ccccc3c2=O)cc1Br. The first kappa shape index (κ1) is 28.3. The summed E-state index contributed by atoms with van der Waals surface area (Å²) in [4.78, 5) is 29.6. The summed E-state index contributed by atoms with van der Waals surface area (Å²) < 4.78 is 52.0. The van der Waals surface area contributed by atoms with E-state index in [1.165, 1.54) is 24.4 Å². The summed E-state index contributed by atoms with van der Waals surface area (Å²) in [7, 11) is 0. The fraction of sp³-hybridized carbons (Fsp3) is 0.185. The molecule has 39 heavy (non-hydrogen) atoms. The van der Waals surface area contributed by atoms with E-state index < -0.39 is 23.3 Å². The lowest BCUT2D eigenvalue weighted by atomic mass is 10.1. The van der Waals surface area contributed by atoms with Gasteiger partial charge in [-0.3, -0.25) is 4.79 Å². The molecule has 0 aliphatic rings. The van der Waals surface area contributed by atoms with Gasteiger partial charge >= 0.3 is 12.1 Å². The predicted molar refractivity (Wildman–Crippen MR) is 145 cm³/mol. The molecule has 7 nitrogen and oxygen atoms in total. The quantitative estimate of drug-likeness (QED) is 0.169. The van der Waals surface area contributed by atoms with Crippen LogP contribution in [0.5, 0.6) is 5.75 Å². The van der Waals surface area contributed by atoms with Crippen LogP contribution in [-0.2, 0) is 15.7 Å². The average molecular weight is 623 g/mol. The molecule has 0 fully saturated rings. The van der Waals surface area contributed by atoms with Crippen molar-refractivity contribution in [2.75, 3.05) is 6.61 Å². The second kappa shape index (κ2) is 11.6. The predicted octanol–water partition coefficient (Wildman–Crippen LogP) is 6.71. The first-order chi connectivity index (χ1) is 18.4. The number of halogens is 5. The number of benzene rings is 3. The van der Waals surface area contributed by atoms with Crippen molar-refractivity contribution in [1.82, 2.24) is 9.66 Å². The molecule has 0 amide bonds. The lowest BCUT2D eigenvalue weighted by Crippen LogP contribution is -2.20. The van der Waals surface area contributed by atoms with Crippen LogP contribution in [0.4, 0.5) is 13.2 Å². The summed E-state index contributed by atoms with van der Waals surface area (Å²) in [6.45, 7) is 3.07. The van der Waals surface area contributed by atoms with E-state index in [0.717, 1.165) is 16.8 Å². The van der Waals surface area contributed by atoms with E-state index in [9.17, 15) is 22.8 Å². The molecule has 202 valence electrons. The van der Waals surface area contributed by atoms with Gasteiger partial charge in [0.2, 0.25) is 0 Å². The first-order valence-electron chi connectivity index (χ1n) is 11.5. The number of ether oxygens (including phenoxy) is 2. The Balaban J connectivity index is 1.74. The molecule has 0 spiro atoms. The van der Waals surface area contributed by atoms with Crippen LogP contribution in [0.25, 0.3) is 22.3 Å². The Morgan fingerprint density at radius 1 is 1.15 bits per heavy atom. The zero-order valence-electron chi connectivity index (χ0n) is 20.5. The van der Waals surface area contributed by atoms with Gasteiger partial charge in [0, 0.05) is 5.56 Å². The highest BCUT2D eigenvalue weighted by Gasteiger charge is 2.31. The van der Waals surface area contributed by atoms with Gasteiger partial charge in [-0.15, -0.1) is 0 Å². The van der Waals surface area contributed by atoms with Crippen LogP contribution in [-0.4, -0.2) is 34.6 Å². The van der Waals surface area contributed by atoms with Gasteiger partial charge in [0.15, 0.2) is 18.2 Å². The van der Waals surface area contributed by atoms with Crippen LogP contribution < -0.4 is 10.3 Å². The van der Waals surface area contributed by atoms with Crippen molar-refractivity contribution >= 4 is 50.6 Å². The van der Waals surface area contributed by atoms with Gasteiger partial charge in [-0.05, 0) is 71.7 Å². The Morgan fingerprint density at radius 2 is 1.90 bits per heavy atom. The normalized spacial score (nSPS) is 11.9. The largest absolute Gasteiger partial charge is 0.479 e. The van der Waals surface area contributed by atoms with Gasteiger partial charge in [-0.2, -0.15) is 22.9 Å². The third-order valence-corrected chi connectivity index (χ3v) is 6.12.